The molecular weight excluding hydrogens is 214 g/mol. The van der Waals surface area contributed by atoms with Gasteiger partial charge in [-0.05, 0) is 30.6 Å². The van der Waals surface area contributed by atoms with Crippen LogP contribution in [0.15, 0.2) is 23.8 Å². The number of aliphatic carboxylic acids is 1. The lowest BCUT2D eigenvalue weighted by molar-refractivity contribution is -0.174. The molecule has 0 fully saturated rings. The van der Waals surface area contributed by atoms with E-state index in [1.54, 1.807) is 0 Å². The van der Waals surface area contributed by atoms with Gasteiger partial charge in [0.2, 0.25) is 5.79 Å². The molecule has 0 heterocycles. The van der Waals surface area contributed by atoms with E-state index in [9.17, 15) is 20.1 Å². The molecule has 16 heavy (non-hydrogen) atoms. The summed E-state index contributed by atoms with van der Waals surface area (Å²) in [6.07, 6.45) is 2.93. The van der Waals surface area contributed by atoms with E-state index in [0.29, 0.717) is 12.0 Å². The smallest absolute Gasteiger partial charge is 0.320 e. The van der Waals surface area contributed by atoms with Crippen LogP contribution in [0.5, 0.6) is 0 Å². The first-order valence-corrected chi connectivity index (χ1v) is 4.84. The van der Waals surface area contributed by atoms with Crippen molar-refractivity contribution < 1.29 is 25.2 Å². The van der Waals surface area contributed by atoms with E-state index < -0.39 is 23.9 Å². The molecule has 0 saturated heterocycles. The second-order valence-corrected chi connectivity index (χ2v) is 3.79. The second-order valence-electron chi connectivity index (χ2n) is 3.79. The highest BCUT2D eigenvalue weighted by Gasteiger charge is 2.31. The lowest BCUT2D eigenvalue weighted by Crippen LogP contribution is -2.40. The van der Waals surface area contributed by atoms with E-state index in [4.69, 9.17) is 10.8 Å². The number of aliphatic hydroxyl groups is 3. The summed E-state index contributed by atoms with van der Waals surface area (Å²) < 4.78 is 0. The molecule has 90 valence electrons. The SMILES string of the molecule is N[C@@H](CCC1=CC(O)C(O)(O)C=C1)C(=O)O. The van der Waals surface area contributed by atoms with Crippen LogP contribution in [0.2, 0.25) is 0 Å². The number of carboxylic acid groups (broad SMARTS) is 1. The molecule has 1 rings (SSSR count). The summed E-state index contributed by atoms with van der Waals surface area (Å²) >= 11 is 0. The molecule has 1 aliphatic carbocycles. The molecular formula is C10H15NO5. The van der Waals surface area contributed by atoms with E-state index in [2.05, 4.69) is 0 Å². The van der Waals surface area contributed by atoms with Gasteiger partial charge in [0.1, 0.15) is 12.1 Å². The first-order valence-electron chi connectivity index (χ1n) is 4.84. The zero-order chi connectivity index (χ0) is 12.3. The molecule has 0 aromatic heterocycles. The van der Waals surface area contributed by atoms with Crippen molar-refractivity contribution in [1.29, 1.82) is 0 Å². The Kier molecular flexibility index (Phi) is 3.82. The minimum atomic E-state index is -2.25. The summed E-state index contributed by atoms with van der Waals surface area (Å²) in [6, 6.07) is -0.957. The highest BCUT2D eigenvalue weighted by Crippen LogP contribution is 2.21. The van der Waals surface area contributed by atoms with Gasteiger partial charge in [0.15, 0.2) is 0 Å². The third-order valence-electron chi connectivity index (χ3n) is 2.41. The molecule has 6 nitrogen and oxygen atoms in total. The van der Waals surface area contributed by atoms with Crippen LogP contribution in [0.1, 0.15) is 12.8 Å². The lowest BCUT2D eigenvalue weighted by Gasteiger charge is -2.25. The van der Waals surface area contributed by atoms with Crippen molar-refractivity contribution in [3.63, 3.8) is 0 Å². The Morgan fingerprint density at radius 1 is 1.56 bits per heavy atom. The second kappa shape index (κ2) is 4.75. The molecule has 0 aliphatic heterocycles. The Morgan fingerprint density at radius 3 is 2.69 bits per heavy atom. The van der Waals surface area contributed by atoms with Crippen LogP contribution in [0, 0.1) is 0 Å². The molecule has 0 saturated carbocycles. The Hall–Kier alpha value is -1.21. The Labute approximate surface area is 92.3 Å². The van der Waals surface area contributed by atoms with Gasteiger partial charge in [0.05, 0.1) is 0 Å². The van der Waals surface area contributed by atoms with Gasteiger partial charge in [0.25, 0.3) is 0 Å². The molecule has 2 atom stereocenters. The van der Waals surface area contributed by atoms with Crippen molar-refractivity contribution in [2.24, 2.45) is 5.73 Å². The topological polar surface area (TPSA) is 124 Å². The number of carboxylic acids is 1. The summed E-state index contributed by atoms with van der Waals surface area (Å²) in [5.41, 5.74) is 5.94. The first kappa shape index (κ1) is 12.9. The van der Waals surface area contributed by atoms with Gasteiger partial charge in [0, 0.05) is 0 Å². The molecule has 6 N–H and O–H groups in total. The largest absolute Gasteiger partial charge is 0.480 e. The third-order valence-corrected chi connectivity index (χ3v) is 2.41. The van der Waals surface area contributed by atoms with Crippen molar-refractivity contribution in [2.75, 3.05) is 0 Å². The average Bonchev–Trinajstić information content (AvgIpc) is 2.19. The fourth-order valence-electron chi connectivity index (χ4n) is 1.32. The maximum Gasteiger partial charge on any atom is 0.320 e. The van der Waals surface area contributed by atoms with E-state index in [1.807, 2.05) is 0 Å². The van der Waals surface area contributed by atoms with Crippen LogP contribution in [0.25, 0.3) is 0 Å². The predicted molar refractivity (Wildman–Crippen MR) is 55.2 cm³/mol. The van der Waals surface area contributed by atoms with Crippen LogP contribution in [0.4, 0.5) is 0 Å². The Morgan fingerprint density at radius 2 is 2.19 bits per heavy atom. The van der Waals surface area contributed by atoms with Gasteiger partial charge in [-0.25, -0.2) is 0 Å². The Bertz CT molecular complexity index is 334. The van der Waals surface area contributed by atoms with E-state index in [1.165, 1.54) is 12.2 Å². The summed E-state index contributed by atoms with van der Waals surface area (Å²) in [6.45, 7) is 0. The summed E-state index contributed by atoms with van der Waals surface area (Å²) in [4.78, 5) is 10.4. The fourth-order valence-corrected chi connectivity index (χ4v) is 1.32. The molecule has 1 unspecified atom stereocenters. The van der Waals surface area contributed by atoms with Crippen molar-refractivity contribution in [3.8, 4) is 0 Å². The van der Waals surface area contributed by atoms with Crippen molar-refractivity contribution in [2.45, 2.75) is 30.8 Å². The number of carbonyl (C=O) groups is 1. The van der Waals surface area contributed by atoms with Gasteiger partial charge in [-0.3, -0.25) is 4.79 Å². The number of aliphatic hydroxyl groups excluding tert-OH is 1. The van der Waals surface area contributed by atoms with Crippen molar-refractivity contribution >= 4 is 5.97 Å². The summed E-state index contributed by atoms with van der Waals surface area (Å²) in [5, 5.41) is 36.2. The molecule has 0 aromatic rings. The highest BCUT2D eigenvalue weighted by atomic mass is 16.5. The van der Waals surface area contributed by atoms with Crippen molar-refractivity contribution in [1.82, 2.24) is 0 Å². The summed E-state index contributed by atoms with van der Waals surface area (Å²) in [7, 11) is 0. The van der Waals surface area contributed by atoms with Gasteiger partial charge >= 0.3 is 5.97 Å². The molecule has 6 heteroatoms. The zero-order valence-electron chi connectivity index (χ0n) is 8.58. The maximum atomic E-state index is 10.4. The zero-order valence-corrected chi connectivity index (χ0v) is 8.58. The number of hydrogen-bond donors (Lipinski definition) is 5. The van der Waals surface area contributed by atoms with E-state index in [-0.39, 0.29) is 6.42 Å². The van der Waals surface area contributed by atoms with Crippen molar-refractivity contribution in [3.05, 3.63) is 23.8 Å². The normalized spacial score (nSPS) is 25.0. The average molecular weight is 229 g/mol. The van der Waals surface area contributed by atoms with Crippen LogP contribution in [-0.4, -0.2) is 44.3 Å². The van der Waals surface area contributed by atoms with Crippen LogP contribution in [-0.2, 0) is 4.79 Å². The number of nitrogens with two attached hydrogens (primary N) is 1. The molecule has 0 spiro atoms. The minimum absolute atomic E-state index is 0.224. The van der Waals surface area contributed by atoms with Gasteiger partial charge in [-0.1, -0.05) is 6.08 Å². The lowest BCUT2D eigenvalue weighted by atomic mass is 9.95. The highest BCUT2D eigenvalue weighted by molar-refractivity contribution is 5.73. The first-order chi connectivity index (χ1) is 7.33. The Balaban J connectivity index is 2.53. The third kappa shape index (κ3) is 3.14. The van der Waals surface area contributed by atoms with Crippen LogP contribution < -0.4 is 5.73 Å². The standard InChI is InChI=1S/C10H15NO5/c11-7(9(13)14)2-1-6-3-4-10(15,16)8(12)5-6/h3-5,7-8,12,15-16H,1-2,11H2,(H,13,14)/t7-,8?/m0/s1. The van der Waals surface area contributed by atoms with E-state index >= 15 is 0 Å². The quantitative estimate of drug-likeness (QED) is 0.382. The molecule has 0 radical (unpaired) electrons. The molecule has 0 amide bonds. The number of hydrogen-bond acceptors (Lipinski definition) is 5. The monoisotopic (exact) mass is 229 g/mol. The van der Waals surface area contributed by atoms with Crippen LogP contribution in [0.3, 0.4) is 0 Å². The van der Waals surface area contributed by atoms with E-state index in [0.717, 1.165) is 6.08 Å². The van der Waals surface area contributed by atoms with Gasteiger partial charge < -0.3 is 26.2 Å². The minimum Gasteiger partial charge on any atom is -0.480 e. The number of rotatable bonds is 4. The predicted octanol–water partition coefficient (Wildman–Crippen LogP) is -1.28. The molecule has 0 aromatic carbocycles. The molecule has 1 aliphatic rings. The van der Waals surface area contributed by atoms with Gasteiger partial charge in [-0.15, -0.1) is 0 Å². The summed E-state index contributed by atoms with van der Waals surface area (Å²) in [5.74, 6) is -3.34. The maximum absolute atomic E-state index is 10.4. The number of allylic oxidation sites excluding steroid dienone is 2. The molecule has 0 bridgehead atoms. The van der Waals surface area contributed by atoms with Gasteiger partial charge in [-0.2, -0.15) is 0 Å². The fraction of sp³-hybridized carbons (Fsp3) is 0.500. The van der Waals surface area contributed by atoms with Crippen LogP contribution >= 0.6 is 0 Å².